The Morgan fingerprint density at radius 3 is 2.81 bits per heavy atom. The fourth-order valence-electron chi connectivity index (χ4n) is 3.92. The van der Waals surface area contributed by atoms with Crippen molar-refractivity contribution in [3.8, 4) is 5.75 Å². The monoisotopic (exact) mass is 353 g/mol. The van der Waals surface area contributed by atoms with Crippen LogP contribution in [0, 0.1) is 0 Å². The summed E-state index contributed by atoms with van der Waals surface area (Å²) in [5.41, 5.74) is 2.53. The van der Waals surface area contributed by atoms with E-state index in [1.54, 1.807) is 0 Å². The van der Waals surface area contributed by atoms with Gasteiger partial charge in [0.1, 0.15) is 5.75 Å². The maximum atomic E-state index is 5.85. The first-order valence-electron chi connectivity index (χ1n) is 9.86. The summed E-state index contributed by atoms with van der Waals surface area (Å²) in [7, 11) is 0. The molecule has 0 saturated carbocycles. The lowest BCUT2D eigenvalue weighted by Gasteiger charge is -2.30. The van der Waals surface area contributed by atoms with Gasteiger partial charge in [-0.3, -0.25) is 14.8 Å². The molecule has 26 heavy (non-hydrogen) atoms. The van der Waals surface area contributed by atoms with Crippen molar-refractivity contribution in [1.82, 2.24) is 14.8 Å². The average Bonchev–Trinajstić information content (AvgIpc) is 3.11. The molecular formula is C22H31N3O. The van der Waals surface area contributed by atoms with E-state index < -0.39 is 0 Å². The minimum Gasteiger partial charge on any atom is -0.494 e. The predicted octanol–water partition coefficient (Wildman–Crippen LogP) is 3.97. The fourth-order valence-corrected chi connectivity index (χ4v) is 3.92. The van der Waals surface area contributed by atoms with E-state index in [4.69, 9.17) is 4.74 Å². The summed E-state index contributed by atoms with van der Waals surface area (Å²) in [5.74, 6) is 1.00. The van der Waals surface area contributed by atoms with Crippen LogP contribution < -0.4 is 4.74 Å². The highest BCUT2D eigenvalue weighted by Gasteiger charge is 2.25. The van der Waals surface area contributed by atoms with Gasteiger partial charge in [0.2, 0.25) is 0 Å². The smallest absolute Gasteiger partial charge is 0.123 e. The zero-order valence-electron chi connectivity index (χ0n) is 16.1. The van der Waals surface area contributed by atoms with Crippen LogP contribution in [0.4, 0.5) is 0 Å². The van der Waals surface area contributed by atoms with Gasteiger partial charge >= 0.3 is 0 Å². The standard InChI is InChI=1S/C22H31N3O/c1-3-25-14-8-11-21(25)18-24(16-19-9-7-13-23-15-19)17-20-10-5-6-12-22(20)26-4-2/h5-7,9-10,12-13,15,21H,3-4,8,11,14,16-18H2,1-2H3/t21-/m0/s1. The van der Waals surface area contributed by atoms with Crippen LogP contribution in [-0.2, 0) is 13.1 Å². The van der Waals surface area contributed by atoms with Gasteiger partial charge in [0.05, 0.1) is 6.61 Å². The molecule has 0 radical (unpaired) electrons. The molecule has 0 bridgehead atoms. The second kappa shape index (κ2) is 9.70. The van der Waals surface area contributed by atoms with E-state index in [2.05, 4.69) is 52.0 Å². The van der Waals surface area contributed by atoms with Gasteiger partial charge in [-0.25, -0.2) is 0 Å². The third-order valence-corrected chi connectivity index (χ3v) is 5.17. The van der Waals surface area contributed by atoms with E-state index in [0.29, 0.717) is 12.6 Å². The van der Waals surface area contributed by atoms with Crippen LogP contribution >= 0.6 is 0 Å². The third kappa shape index (κ3) is 5.05. The number of nitrogens with zero attached hydrogens (tertiary/aromatic N) is 3. The molecule has 0 N–H and O–H groups in total. The first-order chi connectivity index (χ1) is 12.8. The second-order valence-corrected chi connectivity index (χ2v) is 7.00. The van der Waals surface area contributed by atoms with Gasteiger partial charge in [-0.15, -0.1) is 0 Å². The van der Waals surface area contributed by atoms with Crippen molar-refractivity contribution in [2.75, 3.05) is 26.2 Å². The Hall–Kier alpha value is -1.91. The molecule has 1 aliphatic heterocycles. The molecule has 2 aromatic rings. The summed E-state index contributed by atoms with van der Waals surface area (Å²) < 4.78 is 5.85. The lowest BCUT2D eigenvalue weighted by molar-refractivity contribution is 0.164. The molecule has 0 amide bonds. The van der Waals surface area contributed by atoms with Crippen LogP contribution in [0.15, 0.2) is 48.8 Å². The van der Waals surface area contributed by atoms with Crippen molar-refractivity contribution in [2.45, 2.75) is 45.8 Å². The number of likely N-dealkylation sites (tertiary alicyclic amines) is 1. The van der Waals surface area contributed by atoms with Gasteiger partial charge in [0, 0.05) is 43.6 Å². The highest BCUT2D eigenvalue weighted by atomic mass is 16.5. The number of pyridine rings is 1. The summed E-state index contributed by atoms with van der Waals surface area (Å²) in [5, 5.41) is 0. The molecule has 4 heteroatoms. The maximum absolute atomic E-state index is 5.85. The number of ether oxygens (including phenoxy) is 1. The first kappa shape index (κ1) is 18.9. The molecule has 140 valence electrons. The van der Waals surface area contributed by atoms with E-state index in [9.17, 15) is 0 Å². The molecule has 0 aliphatic carbocycles. The van der Waals surface area contributed by atoms with Gasteiger partial charge in [-0.05, 0) is 50.6 Å². The number of para-hydroxylation sites is 1. The van der Waals surface area contributed by atoms with E-state index >= 15 is 0 Å². The topological polar surface area (TPSA) is 28.6 Å². The minimum absolute atomic E-state index is 0.649. The number of hydrogen-bond donors (Lipinski definition) is 0. The van der Waals surface area contributed by atoms with Crippen molar-refractivity contribution in [1.29, 1.82) is 0 Å². The fraction of sp³-hybridized carbons (Fsp3) is 0.500. The molecular weight excluding hydrogens is 322 g/mol. The Labute approximate surface area is 157 Å². The summed E-state index contributed by atoms with van der Waals surface area (Å²) in [6.07, 6.45) is 6.43. The van der Waals surface area contributed by atoms with Gasteiger partial charge < -0.3 is 4.74 Å². The Kier molecular flexibility index (Phi) is 7.04. The highest BCUT2D eigenvalue weighted by molar-refractivity contribution is 5.33. The van der Waals surface area contributed by atoms with Gasteiger partial charge in [0.15, 0.2) is 0 Å². The van der Waals surface area contributed by atoms with Crippen LogP contribution in [0.3, 0.4) is 0 Å². The number of benzene rings is 1. The molecule has 1 saturated heterocycles. The number of hydrogen-bond acceptors (Lipinski definition) is 4. The SMILES string of the molecule is CCOc1ccccc1CN(Cc1cccnc1)C[C@@H]1CCCN1CC. The van der Waals surface area contributed by atoms with Crippen LogP contribution in [0.2, 0.25) is 0 Å². The van der Waals surface area contributed by atoms with Crippen LogP contribution in [0.25, 0.3) is 0 Å². The Morgan fingerprint density at radius 1 is 1.15 bits per heavy atom. The molecule has 0 spiro atoms. The minimum atomic E-state index is 0.649. The van der Waals surface area contributed by atoms with Crippen molar-refractivity contribution >= 4 is 0 Å². The molecule has 4 nitrogen and oxygen atoms in total. The average molecular weight is 354 g/mol. The lowest BCUT2D eigenvalue weighted by atomic mass is 10.1. The van der Waals surface area contributed by atoms with E-state index in [-0.39, 0.29) is 0 Å². The van der Waals surface area contributed by atoms with Crippen LogP contribution in [0.5, 0.6) is 5.75 Å². The van der Waals surface area contributed by atoms with E-state index in [1.807, 2.05) is 25.4 Å². The molecule has 1 aromatic heterocycles. The van der Waals surface area contributed by atoms with Crippen molar-refractivity contribution in [3.05, 3.63) is 59.9 Å². The quantitative estimate of drug-likeness (QED) is 0.682. The molecule has 1 fully saturated rings. The van der Waals surface area contributed by atoms with Crippen molar-refractivity contribution < 1.29 is 4.74 Å². The van der Waals surface area contributed by atoms with Crippen LogP contribution in [0.1, 0.15) is 37.8 Å². The van der Waals surface area contributed by atoms with Gasteiger partial charge in [-0.2, -0.15) is 0 Å². The lowest BCUT2D eigenvalue weighted by Crippen LogP contribution is -2.39. The molecule has 1 atom stereocenters. The Morgan fingerprint density at radius 2 is 2.04 bits per heavy atom. The largest absolute Gasteiger partial charge is 0.494 e. The van der Waals surface area contributed by atoms with Crippen molar-refractivity contribution in [3.63, 3.8) is 0 Å². The normalized spacial score (nSPS) is 17.7. The number of aromatic nitrogens is 1. The van der Waals surface area contributed by atoms with E-state index in [0.717, 1.165) is 31.9 Å². The maximum Gasteiger partial charge on any atom is 0.123 e. The predicted molar refractivity (Wildman–Crippen MR) is 106 cm³/mol. The first-order valence-corrected chi connectivity index (χ1v) is 9.86. The highest BCUT2D eigenvalue weighted by Crippen LogP contribution is 2.23. The molecule has 2 heterocycles. The number of rotatable bonds is 9. The third-order valence-electron chi connectivity index (χ3n) is 5.17. The number of likely N-dealkylation sites (N-methyl/N-ethyl adjacent to an activating group) is 1. The summed E-state index contributed by atoms with van der Waals surface area (Å²) >= 11 is 0. The molecule has 3 rings (SSSR count). The Bertz CT molecular complexity index is 661. The van der Waals surface area contributed by atoms with E-state index in [1.165, 1.54) is 30.5 Å². The van der Waals surface area contributed by atoms with Crippen LogP contribution in [-0.4, -0.2) is 47.1 Å². The van der Waals surface area contributed by atoms with Crippen molar-refractivity contribution in [2.24, 2.45) is 0 Å². The molecule has 1 aromatic carbocycles. The summed E-state index contributed by atoms with van der Waals surface area (Å²) in [6.45, 7) is 10.3. The summed E-state index contributed by atoms with van der Waals surface area (Å²) in [6, 6.07) is 13.3. The second-order valence-electron chi connectivity index (χ2n) is 7.00. The zero-order chi connectivity index (χ0) is 18.2. The van der Waals surface area contributed by atoms with Gasteiger partial charge in [0.25, 0.3) is 0 Å². The Balaban J connectivity index is 1.76. The molecule has 0 unspecified atom stereocenters. The summed E-state index contributed by atoms with van der Waals surface area (Å²) in [4.78, 5) is 9.46. The molecule has 1 aliphatic rings. The zero-order valence-corrected chi connectivity index (χ0v) is 16.1. The van der Waals surface area contributed by atoms with Gasteiger partial charge in [-0.1, -0.05) is 31.2 Å².